The third-order valence-electron chi connectivity index (χ3n) is 7.23. The van der Waals surface area contributed by atoms with E-state index in [9.17, 15) is 20.1 Å². The summed E-state index contributed by atoms with van der Waals surface area (Å²) in [6, 6.07) is 0. The first-order valence-corrected chi connectivity index (χ1v) is 9.26. The molecule has 3 rings (SSSR count). The second kappa shape index (κ2) is 6.53. The lowest BCUT2D eigenvalue weighted by Gasteiger charge is -2.59. The van der Waals surface area contributed by atoms with Crippen LogP contribution in [0.5, 0.6) is 0 Å². The van der Waals surface area contributed by atoms with Gasteiger partial charge < -0.3 is 20.1 Å². The normalized spacial score (nSPS) is 46.2. The van der Waals surface area contributed by atoms with E-state index in [1.165, 1.54) is 0 Å². The number of rotatable bonds is 3. The van der Waals surface area contributed by atoms with Crippen molar-refractivity contribution in [3.63, 3.8) is 0 Å². The number of esters is 1. The first-order valence-electron chi connectivity index (χ1n) is 9.26. The number of hydrogen-bond donors (Lipinski definition) is 3. The van der Waals surface area contributed by atoms with Crippen molar-refractivity contribution in [2.24, 2.45) is 22.7 Å². The maximum atomic E-state index is 11.8. The summed E-state index contributed by atoms with van der Waals surface area (Å²) in [7, 11) is 0. The van der Waals surface area contributed by atoms with Crippen LogP contribution in [0.15, 0.2) is 23.8 Å². The minimum absolute atomic E-state index is 0.0280. The molecule has 25 heavy (non-hydrogen) atoms. The number of aliphatic hydroxyl groups is 3. The number of carbonyl (C=O) groups excluding carboxylic acids is 1. The monoisotopic (exact) mass is 350 g/mol. The molecular formula is C20H30O5. The first kappa shape index (κ1) is 18.6. The summed E-state index contributed by atoms with van der Waals surface area (Å²) < 4.78 is 4.90. The second-order valence-corrected chi connectivity index (χ2v) is 8.54. The molecule has 0 radical (unpaired) electrons. The Morgan fingerprint density at radius 3 is 2.64 bits per heavy atom. The molecule has 0 bridgehead atoms. The third kappa shape index (κ3) is 2.86. The van der Waals surface area contributed by atoms with E-state index >= 15 is 0 Å². The van der Waals surface area contributed by atoms with Gasteiger partial charge in [-0.15, -0.1) is 0 Å². The predicted molar refractivity (Wildman–Crippen MR) is 93.6 cm³/mol. The summed E-state index contributed by atoms with van der Waals surface area (Å²) in [6.45, 7) is 8.50. The number of ether oxygens (including phenoxy) is 1. The summed E-state index contributed by atoms with van der Waals surface area (Å²) in [5.41, 5.74) is 0.911. The van der Waals surface area contributed by atoms with Gasteiger partial charge in [0, 0.05) is 5.41 Å². The molecule has 5 nitrogen and oxygen atoms in total. The molecule has 6 atom stereocenters. The van der Waals surface area contributed by atoms with Crippen LogP contribution < -0.4 is 0 Å². The fraction of sp³-hybridized carbons (Fsp3) is 0.750. The molecule has 3 N–H and O–H groups in total. The van der Waals surface area contributed by atoms with Gasteiger partial charge in [0.05, 0.1) is 18.3 Å². The molecule has 2 aliphatic carbocycles. The third-order valence-corrected chi connectivity index (χ3v) is 7.23. The zero-order chi connectivity index (χ0) is 18.4. The highest BCUT2D eigenvalue weighted by Gasteiger charge is 2.57. The SMILES string of the molecule is C=C1CC[C@@H]2[C@](C)(CO)[C@@H](O)CC[C@@]2(C)[C@@H]1C/C=C1/C(=O)OC[C@H]1O. The largest absolute Gasteiger partial charge is 0.459 e. The summed E-state index contributed by atoms with van der Waals surface area (Å²) in [4.78, 5) is 11.8. The van der Waals surface area contributed by atoms with Crippen LogP contribution in [-0.4, -0.2) is 46.7 Å². The first-order chi connectivity index (χ1) is 11.7. The highest BCUT2D eigenvalue weighted by atomic mass is 16.6. The van der Waals surface area contributed by atoms with E-state index in [1.54, 1.807) is 0 Å². The number of allylic oxidation sites excluding steroid dienone is 2. The average molecular weight is 350 g/mol. The van der Waals surface area contributed by atoms with Gasteiger partial charge in [-0.1, -0.05) is 32.1 Å². The van der Waals surface area contributed by atoms with E-state index in [-0.39, 0.29) is 30.5 Å². The Balaban J connectivity index is 1.89. The Hall–Kier alpha value is -1.17. The molecule has 1 saturated heterocycles. The van der Waals surface area contributed by atoms with E-state index in [0.717, 1.165) is 24.8 Å². The zero-order valence-corrected chi connectivity index (χ0v) is 15.2. The van der Waals surface area contributed by atoms with E-state index in [2.05, 4.69) is 13.5 Å². The molecular weight excluding hydrogens is 320 g/mol. The highest BCUT2D eigenvalue weighted by molar-refractivity contribution is 5.91. The molecule has 0 amide bonds. The van der Waals surface area contributed by atoms with Gasteiger partial charge in [0.25, 0.3) is 0 Å². The van der Waals surface area contributed by atoms with Crippen LogP contribution in [0.4, 0.5) is 0 Å². The van der Waals surface area contributed by atoms with Gasteiger partial charge in [0.15, 0.2) is 0 Å². The van der Waals surface area contributed by atoms with Gasteiger partial charge in [-0.25, -0.2) is 4.79 Å². The van der Waals surface area contributed by atoms with Crippen molar-refractivity contribution in [1.29, 1.82) is 0 Å². The van der Waals surface area contributed by atoms with Gasteiger partial charge in [-0.2, -0.15) is 0 Å². The Morgan fingerprint density at radius 1 is 1.32 bits per heavy atom. The van der Waals surface area contributed by atoms with Gasteiger partial charge in [-0.05, 0) is 49.4 Å². The van der Waals surface area contributed by atoms with Crippen molar-refractivity contribution in [3.05, 3.63) is 23.8 Å². The van der Waals surface area contributed by atoms with Crippen molar-refractivity contribution in [2.75, 3.05) is 13.2 Å². The maximum absolute atomic E-state index is 11.8. The smallest absolute Gasteiger partial charge is 0.336 e. The lowest BCUT2D eigenvalue weighted by atomic mass is 9.46. The van der Waals surface area contributed by atoms with Crippen molar-refractivity contribution in [1.82, 2.24) is 0 Å². The number of carbonyl (C=O) groups is 1. The Kier molecular flexibility index (Phi) is 4.86. The standard InChI is InChI=1S/C20H30O5/c1-12-4-7-16-19(2,9-8-17(23)20(16,3)11-21)14(12)6-5-13-15(22)10-25-18(13)24/h5,14-17,21-23H,1,4,6-11H2,2-3H3/b13-5+/t14-,15-,16+,17+,19+,20+/m1/s1. The van der Waals surface area contributed by atoms with E-state index in [0.29, 0.717) is 18.4 Å². The van der Waals surface area contributed by atoms with Gasteiger partial charge >= 0.3 is 5.97 Å². The summed E-state index contributed by atoms with van der Waals surface area (Å²) in [6.07, 6.45) is 4.42. The quantitative estimate of drug-likeness (QED) is 0.411. The van der Waals surface area contributed by atoms with Crippen LogP contribution in [0.25, 0.3) is 0 Å². The van der Waals surface area contributed by atoms with Gasteiger partial charge in [0.2, 0.25) is 0 Å². The molecule has 5 heteroatoms. The number of aliphatic hydroxyl groups excluding tert-OH is 3. The fourth-order valence-electron chi connectivity index (χ4n) is 5.56. The van der Waals surface area contributed by atoms with Crippen molar-refractivity contribution < 1.29 is 24.9 Å². The Labute approximate surface area is 149 Å². The lowest BCUT2D eigenvalue weighted by Crippen LogP contribution is -2.57. The van der Waals surface area contributed by atoms with Gasteiger partial charge in [-0.3, -0.25) is 0 Å². The summed E-state index contributed by atoms with van der Waals surface area (Å²) >= 11 is 0. The zero-order valence-electron chi connectivity index (χ0n) is 15.2. The minimum Gasteiger partial charge on any atom is -0.459 e. The van der Waals surface area contributed by atoms with E-state index in [4.69, 9.17) is 4.74 Å². The van der Waals surface area contributed by atoms with Crippen LogP contribution in [0.3, 0.4) is 0 Å². The van der Waals surface area contributed by atoms with Crippen molar-refractivity contribution >= 4 is 5.97 Å². The second-order valence-electron chi connectivity index (χ2n) is 8.54. The van der Waals surface area contributed by atoms with Crippen LogP contribution in [-0.2, 0) is 9.53 Å². The number of hydrogen-bond acceptors (Lipinski definition) is 5. The van der Waals surface area contributed by atoms with Crippen molar-refractivity contribution in [3.8, 4) is 0 Å². The molecule has 2 saturated carbocycles. The molecule has 3 fully saturated rings. The van der Waals surface area contributed by atoms with Crippen LogP contribution in [0, 0.1) is 22.7 Å². The maximum Gasteiger partial charge on any atom is 0.336 e. The predicted octanol–water partition coefficient (Wildman–Crippen LogP) is 1.96. The number of fused-ring (bicyclic) bond motifs is 1. The molecule has 3 aliphatic rings. The Morgan fingerprint density at radius 2 is 2.04 bits per heavy atom. The highest BCUT2D eigenvalue weighted by Crippen LogP contribution is 2.61. The molecule has 140 valence electrons. The summed E-state index contributed by atoms with van der Waals surface area (Å²) in [5.74, 6) is -0.0734. The van der Waals surface area contributed by atoms with Crippen molar-refractivity contribution in [2.45, 2.75) is 58.2 Å². The molecule has 0 spiro atoms. The summed E-state index contributed by atoms with van der Waals surface area (Å²) in [5, 5.41) is 30.4. The molecule has 1 heterocycles. The topological polar surface area (TPSA) is 87.0 Å². The fourth-order valence-corrected chi connectivity index (χ4v) is 5.56. The molecule has 0 aromatic rings. The molecule has 1 aliphatic heterocycles. The minimum atomic E-state index is -0.844. The van der Waals surface area contributed by atoms with Gasteiger partial charge in [0.1, 0.15) is 12.7 Å². The van der Waals surface area contributed by atoms with Crippen LogP contribution in [0.1, 0.15) is 46.0 Å². The lowest BCUT2D eigenvalue weighted by molar-refractivity contribution is -0.151. The molecule has 0 aromatic carbocycles. The Bertz CT molecular complexity index is 597. The average Bonchev–Trinajstić information content (AvgIpc) is 2.89. The molecule has 0 unspecified atom stereocenters. The van der Waals surface area contributed by atoms with Crippen LogP contribution in [0.2, 0.25) is 0 Å². The van der Waals surface area contributed by atoms with E-state index < -0.39 is 23.6 Å². The number of cyclic esters (lactones) is 1. The van der Waals surface area contributed by atoms with Crippen LogP contribution >= 0.6 is 0 Å². The van der Waals surface area contributed by atoms with E-state index in [1.807, 2.05) is 13.0 Å². The molecule has 0 aromatic heterocycles.